The number of hydrogen-bond donors (Lipinski definition) is 1. The van der Waals surface area contributed by atoms with Gasteiger partial charge < -0.3 is 10.1 Å². The highest BCUT2D eigenvalue weighted by Crippen LogP contribution is 2.40. The minimum Gasteiger partial charge on any atom is -0.444 e. The Morgan fingerprint density at radius 1 is 1.22 bits per heavy atom. The van der Waals surface area contributed by atoms with Crippen LogP contribution in [0.2, 0.25) is 0 Å². The van der Waals surface area contributed by atoms with Crippen molar-refractivity contribution in [3.63, 3.8) is 0 Å². The highest BCUT2D eigenvalue weighted by Gasteiger charge is 2.47. The topological polar surface area (TPSA) is 55.4 Å². The van der Waals surface area contributed by atoms with E-state index in [4.69, 9.17) is 4.74 Å². The molecule has 1 fully saturated rings. The van der Waals surface area contributed by atoms with Gasteiger partial charge in [-0.2, -0.15) is 0 Å². The number of ether oxygens (including phenoxy) is 1. The first-order valence-corrected chi connectivity index (χ1v) is 6.37. The number of ketones is 1. The molecule has 102 valence electrons. The molecule has 0 radical (unpaired) electrons. The van der Waals surface area contributed by atoms with Crippen LogP contribution in [0.4, 0.5) is 4.79 Å². The average Bonchev–Trinajstić information content (AvgIpc) is 2.97. The number of carbonyl (C=O) groups is 2. The Hall–Kier alpha value is -1.32. The molecule has 1 aliphatic carbocycles. The summed E-state index contributed by atoms with van der Waals surface area (Å²) in [5.74, 6) is 0.145. The summed E-state index contributed by atoms with van der Waals surface area (Å²) in [7, 11) is 0. The Morgan fingerprint density at radius 3 is 2.17 bits per heavy atom. The van der Waals surface area contributed by atoms with Crippen molar-refractivity contribution in [1.29, 1.82) is 0 Å². The standard InChI is InChI=1S/C14H23NO3/c1-6-7-11(16)14(5,10-8-9-10)15-12(17)18-13(2,3)4/h6-7,10H,8-9H2,1-5H3,(H,15,17)/b7-6+. The summed E-state index contributed by atoms with van der Waals surface area (Å²) in [6.07, 6.45) is 4.61. The van der Waals surface area contributed by atoms with Crippen molar-refractivity contribution in [2.75, 3.05) is 0 Å². The summed E-state index contributed by atoms with van der Waals surface area (Å²) >= 11 is 0. The first-order valence-electron chi connectivity index (χ1n) is 6.37. The maximum absolute atomic E-state index is 12.1. The normalized spacial score (nSPS) is 19.4. The van der Waals surface area contributed by atoms with Gasteiger partial charge in [-0.05, 0) is 59.5 Å². The second kappa shape index (κ2) is 5.12. The van der Waals surface area contributed by atoms with E-state index in [1.54, 1.807) is 40.7 Å². The van der Waals surface area contributed by atoms with Gasteiger partial charge in [0.05, 0.1) is 0 Å². The van der Waals surface area contributed by atoms with Gasteiger partial charge in [0.1, 0.15) is 11.1 Å². The van der Waals surface area contributed by atoms with Crippen LogP contribution in [0.25, 0.3) is 0 Å². The largest absolute Gasteiger partial charge is 0.444 e. The van der Waals surface area contributed by atoms with Crippen molar-refractivity contribution in [3.05, 3.63) is 12.2 Å². The third-order valence-corrected chi connectivity index (χ3v) is 2.98. The van der Waals surface area contributed by atoms with Crippen molar-refractivity contribution < 1.29 is 14.3 Å². The molecule has 0 aromatic rings. The molecule has 0 aromatic carbocycles. The van der Waals surface area contributed by atoms with Crippen LogP contribution in [-0.4, -0.2) is 23.0 Å². The summed E-state index contributed by atoms with van der Waals surface area (Å²) < 4.78 is 5.21. The van der Waals surface area contributed by atoms with E-state index in [-0.39, 0.29) is 11.7 Å². The quantitative estimate of drug-likeness (QED) is 0.784. The molecule has 1 unspecified atom stereocenters. The molecule has 0 saturated heterocycles. The third-order valence-electron chi connectivity index (χ3n) is 2.98. The van der Waals surface area contributed by atoms with Crippen molar-refractivity contribution in [1.82, 2.24) is 5.32 Å². The predicted octanol–water partition coefficient (Wildman–Crippen LogP) is 2.83. The third kappa shape index (κ3) is 3.86. The number of alkyl carbamates (subject to hydrolysis) is 1. The van der Waals surface area contributed by atoms with Crippen molar-refractivity contribution in [2.24, 2.45) is 5.92 Å². The van der Waals surface area contributed by atoms with Crippen LogP contribution in [0.1, 0.15) is 47.5 Å². The Morgan fingerprint density at radius 2 is 1.78 bits per heavy atom. The highest BCUT2D eigenvalue weighted by molar-refractivity contribution is 6.00. The van der Waals surface area contributed by atoms with E-state index >= 15 is 0 Å². The van der Waals surface area contributed by atoms with Gasteiger partial charge >= 0.3 is 6.09 Å². The van der Waals surface area contributed by atoms with E-state index in [9.17, 15) is 9.59 Å². The first-order chi connectivity index (χ1) is 8.19. The van der Waals surface area contributed by atoms with Crippen molar-refractivity contribution in [3.8, 4) is 0 Å². The lowest BCUT2D eigenvalue weighted by Gasteiger charge is -2.30. The Balaban J connectivity index is 2.74. The van der Waals surface area contributed by atoms with Crippen LogP contribution in [0.15, 0.2) is 12.2 Å². The lowest BCUT2D eigenvalue weighted by molar-refractivity contribution is -0.121. The fourth-order valence-corrected chi connectivity index (χ4v) is 1.87. The molecule has 4 nitrogen and oxygen atoms in total. The van der Waals surface area contributed by atoms with Gasteiger partial charge in [-0.15, -0.1) is 0 Å². The second-order valence-electron chi connectivity index (χ2n) is 5.97. The molecule has 1 amide bonds. The van der Waals surface area contributed by atoms with Crippen LogP contribution < -0.4 is 5.32 Å². The number of amides is 1. The fourth-order valence-electron chi connectivity index (χ4n) is 1.87. The monoisotopic (exact) mass is 253 g/mol. The molecule has 0 heterocycles. The van der Waals surface area contributed by atoms with E-state index < -0.39 is 17.2 Å². The molecule has 4 heteroatoms. The van der Waals surface area contributed by atoms with Crippen LogP contribution in [0.5, 0.6) is 0 Å². The summed E-state index contributed by atoms with van der Waals surface area (Å²) in [6, 6.07) is 0. The van der Waals surface area contributed by atoms with E-state index in [0.717, 1.165) is 12.8 Å². The van der Waals surface area contributed by atoms with E-state index in [2.05, 4.69) is 5.32 Å². The molecule has 1 saturated carbocycles. The molecule has 1 N–H and O–H groups in total. The van der Waals surface area contributed by atoms with Crippen LogP contribution in [-0.2, 0) is 9.53 Å². The first kappa shape index (κ1) is 14.7. The van der Waals surface area contributed by atoms with Crippen molar-refractivity contribution in [2.45, 2.75) is 58.6 Å². The predicted molar refractivity (Wildman–Crippen MR) is 70.3 cm³/mol. The molecule has 1 atom stereocenters. The lowest BCUT2D eigenvalue weighted by atomic mass is 9.90. The average molecular weight is 253 g/mol. The van der Waals surface area contributed by atoms with Gasteiger partial charge in [0.15, 0.2) is 5.78 Å². The van der Waals surface area contributed by atoms with Gasteiger partial charge in [0.2, 0.25) is 0 Å². The summed E-state index contributed by atoms with van der Waals surface area (Å²) in [5, 5.41) is 2.73. The fraction of sp³-hybridized carbons (Fsp3) is 0.714. The smallest absolute Gasteiger partial charge is 0.408 e. The van der Waals surface area contributed by atoms with Crippen molar-refractivity contribution >= 4 is 11.9 Å². The summed E-state index contributed by atoms with van der Waals surface area (Å²) in [6.45, 7) is 8.97. The molecular formula is C14H23NO3. The van der Waals surface area contributed by atoms with Crippen LogP contribution >= 0.6 is 0 Å². The Labute approximate surface area is 109 Å². The summed E-state index contributed by atoms with van der Waals surface area (Å²) in [4.78, 5) is 23.9. The number of allylic oxidation sites excluding steroid dienone is 1. The van der Waals surface area contributed by atoms with Gasteiger partial charge in [0, 0.05) is 0 Å². The minimum absolute atomic E-state index is 0.0710. The van der Waals surface area contributed by atoms with Gasteiger partial charge in [0.25, 0.3) is 0 Å². The molecular weight excluding hydrogens is 230 g/mol. The van der Waals surface area contributed by atoms with Gasteiger partial charge in [-0.25, -0.2) is 4.79 Å². The van der Waals surface area contributed by atoms with E-state index in [1.807, 2.05) is 0 Å². The van der Waals surface area contributed by atoms with Gasteiger partial charge in [-0.1, -0.05) is 6.08 Å². The molecule has 1 rings (SSSR count). The lowest BCUT2D eigenvalue weighted by Crippen LogP contribution is -2.54. The number of carbonyl (C=O) groups excluding carboxylic acids is 2. The zero-order valence-electron chi connectivity index (χ0n) is 11.9. The molecule has 0 bridgehead atoms. The van der Waals surface area contributed by atoms with Crippen LogP contribution in [0, 0.1) is 5.92 Å². The molecule has 18 heavy (non-hydrogen) atoms. The number of hydrogen-bond acceptors (Lipinski definition) is 3. The van der Waals surface area contributed by atoms with Gasteiger partial charge in [-0.3, -0.25) is 4.79 Å². The maximum atomic E-state index is 12.1. The molecule has 1 aliphatic rings. The molecule has 0 aliphatic heterocycles. The summed E-state index contributed by atoms with van der Waals surface area (Å²) in [5.41, 5.74) is -1.40. The Bertz CT molecular complexity index is 364. The minimum atomic E-state index is -0.838. The molecule has 0 spiro atoms. The van der Waals surface area contributed by atoms with E-state index in [0.29, 0.717) is 0 Å². The Kier molecular flexibility index (Phi) is 4.20. The maximum Gasteiger partial charge on any atom is 0.408 e. The van der Waals surface area contributed by atoms with E-state index in [1.165, 1.54) is 6.08 Å². The van der Waals surface area contributed by atoms with Crippen LogP contribution in [0.3, 0.4) is 0 Å². The highest BCUT2D eigenvalue weighted by atomic mass is 16.6. The SMILES string of the molecule is C/C=C/C(=O)C(C)(NC(=O)OC(C)(C)C)C1CC1. The number of rotatable bonds is 4. The molecule has 0 aromatic heterocycles. The zero-order chi connectivity index (χ0) is 14.0. The second-order valence-corrected chi connectivity index (χ2v) is 5.97. The zero-order valence-corrected chi connectivity index (χ0v) is 11.9. The number of nitrogens with one attached hydrogen (secondary N) is 1.